The summed E-state index contributed by atoms with van der Waals surface area (Å²) in [4.78, 5) is 30.1. The van der Waals surface area contributed by atoms with E-state index in [4.69, 9.17) is 15.2 Å². The van der Waals surface area contributed by atoms with Crippen molar-refractivity contribution in [3.8, 4) is 5.75 Å². The minimum Gasteiger partial charge on any atom is -0.489 e. The lowest BCUT2D eigenvalue weighted by Crippen LogP contribution is -2.76. The summed E-state index contributed by atoms with van der Waals surface area (Å²) in [6, 6.07) is 15.6. The van der Waals surface area contributed by atoms with E-state index in [1.807, 2.05) is 37.3 Å². The number of rotatable bonds is 7. The van der Waals surface area contributed by atoms with E-state index in [0.717, 1.165) is 22.2 Å². The third kappa shape index (κ3) is 5.83. The summed E-state index contributed by atoms with van der Waals surface area (Å²) >= 11 is 0. The first kappa shape index (κ1) is 26.4. The molecular weight excluding hydrogens is 496 g/mol. The number of carbonyl (C=O) groups is 2. The van der Waals surface area contributed by atoms with Crippen molar-refractivity contribution in [3.63, 3.8) is 0 Å². The van der Waals surface area contributed by atoms with Gasteiger partial charge in [0, 0.05) is 16.6 Å². The number of pyridine rings is 1. The van der Waals surface area contributed by atoms with Crippen LogP contribution in [-0.4, -0.2) is 54.5 Å². The summed E-state index contributed by atoms with van der Waals surface area (Å²) in [6.45, 7) is 6.87. The zero-order valence-electron chi connectivity index (χ0n) is 21.1. The molecule has 1 saturated heterocycles. The maximum Gasteiger partial charge on any atom is 0.410 e. The molecule has 2 aromatic carbocycles. The molecule has 0 spiro atoms. The first-order valence-corrected chi connectivity index (χ1v) is 13.2. The Morgan fingerprint density at radius 3 is 2.38 bits per heavy atom. The molecule has 3 N–H and O–H groups in total. The van der Waals surface area contributed by atoms with E-state index in [1.54, 1.807) is 20.8 Å². The number of likely N-dealkylation sites (tertiary alicyclic amines) is 1. The van der Waals surface area contributed by atoms with Crippen LogP contribution >= 0.6 is 0 Å². The number of fused-ring (bicyclic) bond motifs is 1. The number of sulfonamides is 1. The molecule has 0 atom stereocenters. The second-order valence-electron chi connectivity index (χ2n) is 10.1. The highest BCUT2D eigenvalue weighted by molar-refractivity contribution is 7.89. The van der Waals surface area contributed by atoms with Crippen LogP contribution in [0.1, 0.15) is 32.0 Å². The van der Waals surface area contributed by atoms with Crippen LogP contribution in [0.25, 0.3) is 10.9 Å². The molecule has 0 unspecified atom stereocenters. The number of aromatic nitrogens is 1. The number of para-hydroxylation sites is 1. The molecule has 37 heavy (non-hydrogen) atoms. The number of hydrogen-bond acceptors (Lipinski definition) is 7. The normalized spacial score (nSPS) is 15.2. The fraction of sp³-hybridized carbons (Fsp3) is 0.346. The molecule has 3 aromatic rings. The molecular formula is C26H30N4O6S. The molecule has 1 aromatic heterocycles. The van der Waals surface area contributed by atoms with E-state index in [-0.39, 0.29) is 24.6 Å². The number of primary amides is 1. The fourth-order valence-corrected chi connectivity index (χ4v) is 5.39. The average molecular weight is 527 g/mol. The van der Waals surface area contributed by atoms with Gasteiger partial charge in [0.15, 0.2) is 0 Å². The Hall–Kier alpha value is -3.70. The number of aryl methyl sites for hydroxylation is 1. The van der Waals surface area contributed by atoms with E-state index in [2.05, 4.69) is 9.71 Å². The zero-order chi connectivity index (χ0) is 27.0. The molecule has 0 aliphatic carbocycles. The number of nitrogens with two attached hydrogens (primary N) is 1. The molecule has 2 heterocycles. The SMILES string of the molecule is Cc1cc(COc2ccc(S(=O)(=O)NC3(C(N)=O)CN(C(=O)OC(C)(C)C)C3)cc2)c2ccccc2n1. The lowest BCUT2D eigenvalue weighted by molar-refractivity contribution is -0.129. The van der Waals surface area contributed by atoms with E-state index in [1.165, 1.54) is 29.2 Å². The molecule has 1 aliphatic heterocycles. The average Bonchev–Trinajstić information content (AvgIpc) is 2.78. The third-order valence-electron chi connectivity index (χ3n) is 5.83. The number of carbonyl (C=O) groups excluding carboxylic acids is 2. The largest absolute Gasteiger partial charge is 0.489 e. The van der Waals surface area contributed by atoms with Gasteiger partial charge in [-0.3, -0.25) is 9.78 Å². The quantitative estimate of drug-likeness (QED) is 0.482. The van der Waals surface area contributed by atoms with Gasteiger partial charge in [0.2, 0.25) is 15.9 Å². The van der Waals surface area contributed by atoms with Gasteiger partial charge in [0.25, 0.3) is 0 Å². The van der Waals surface area contributed by atoms with Gasteiger partial charge in [-0.15, -0.1) is 0 Å². The number of nitrogens with zero attached hydrogens (tertiary/aromatic N) is 2. The van der Waals surface area contributed by atoms with Gasteiger partial charge in [-0.2, -0.15) is 4.72 Å². The van der Waals surface area contributed by atoms with Gasteiger partial charge in [-0.1, -0.05) is 18.2 Å². The molecule has 4 rings (SSSR count). The number of amides is 2. The van der Waals surface area contributed by atoms with Crippen molar-refractivity contribution in [3.05, 3.63) is 65.9 Å². The highest BCUT2D eigenvalue weighted by atomic mass is 32.2. The molecule has 0 saturated carbocycles. The molecule has 2 amide bonds. The summed E-state index contributed by atoms with van der Waals surface area (Å²) in [5, 5.41) is 0.981. The maximum atomic E-state index is 13.0. The lowest BCUT2D eigenvalue weighted by Gasteiger charge is -2.47. The van der Waals surface area contributed by atoms with Crippen LogP contribution < -0.4 is 15.2 Å². The standard InChI is InChI=1S/C26H30N4O6S/c1-17-13-18(21-7-5-6-8-22(21)28-17)14-35-19-9-11-20(12-10-19)37(33,34)29-26(23(27)31)15-30(16-26)24(32)36-25(2,3)4/h5-13,29H,14-16H2,1-4H3,(H2,27,31). The van der Waals surface area contributed by atoms with Crippen molar-refractivity contribution < 1.29 is 27.5 Å². The van der Waals surface area contributed by atoms with Crippen LogP contribution in [0.5, 0.6) is 5.75 Å². The Morgan fingerprint density at radius 2 is 1.76 bits per heavy atom. The van der Waals surface area contributed by atoms with Crippen molar-refractivity contribution >= 4 is 32.9 Å². The molecule has 0 radical (unpaired) electrons. The Balaban J connectivity index is 1.43. The summed E-state index contributed by atoms with van der Waals surface area (Å²) in [7, 11) is -4.12. The highest BCUT2D eigenvalue weighted by Gasteiger charge is 2.53. The molecule has 0 bridgehead atoms. The Bertz CT molecular complexity index is 1440. The minimum atomic E-state index is -4.12. The van der Waals surface area contributed by atoms with Crippen LogP contribution in [0.4, 0.5) is 4.79 Å². The van der Waals surface area contributed by atoms with Gasteiger partial charge < -0.3 is 20.1 Å². The van der Waals surface area contributed by atoms with Gasteiger partial charge in [0.1, 0.15) is 23.5 Å². The van der Waals surface area contributed by atoms with Crippen molar-refractivity contribution in [2.45, 2.75) is 50.3 Å². The minimum absolute atomic E-state index is 0.0681. The van der Waals surface area contributed by atoms with Crippen molar-refractivity contribution in [2.24, 2.45) is 5.73 Å². The molecule has 10 nitrogen and oxygen atoms in total. The number of nitrogens with one attached hydrogen (secondary N) is 1. The van der Waals surface area contributed by atoms with Crippen LogP contribution in [0, 0.1) is 6.92 Å². The molecule has 1 aliphatic rings. The predicted octanol–water partition coefficient (Wildman–Crippen LogP) is 2.88. The van der Waals surface area contributed by atoms with Gasteiger partial charge in [-0.25, -0.2) is 13.2 Å². The van der Waals surface area contributed by atoms with E-state index in [9.17, 15) is 18.0 Å². The second kappa shape index (κ2) is 9.64. The topological polar surface area (TPSA) is 141 Å². The van der Waals surface area contributed by atoms with Crippen LogP contribution in [0.3, 0.4) is 0 Å². The van der Waals surface area contributed by atoms with Gasteiger partial charge in [0.05, 0.1) is 23.5 Å². The van der Waals surface area contributed by atoms with E-state index in [0.29, 0.717) is 5.75 Å². The Morgan fingerprint density at radius 1 is 1.11 bits per heavy atom. The van der Waals surface area contributed by atoms with Crippen molar-refractivity contribution in [2.75, 3.05) is 13.1 Å². The monoisotopic (exact) mass is 526 g/mol. The predicted molar refractivity (Wildman–Crippen MR) is 137 cm³/mol. The van der Waals surface area contributed by atoms with Gasteiger partial charge in [-0.05, 0) is 64.1 Å². The number of ether oxygens (including phenoxy) is 2. The van der Waals surface area contributed by atoms with Crippen LogP contribution in [0.2, 0.25) is 0 Å². The number of hydrogen-bond donors (Lipinski definition) is 2. The Labute approximate surface area is 215 Å². The summed E-state index contributed by atoms with van der Waals surface area (Å²) in [5.74, 6) is -0.405. The Kier molecular flexibility index (Phi) is 6.87. The van der Waals surface area contributed by atoms with Crippen molar-refractivity contribution in [1.29, 1.82) is 0 Å². The molecule has 11 heteroatoms. The maximum absolute atomic E-state index is 13.0. The third-order valence-corrected chi connectivity index (χ3v) is 7.39. The smallest absolute Gasteiger partial charge is 0.410 e. The van der Waals surface area contributed by atoms with E-state index < -0.39 is 33.2 Å². The first-order valence-electron chi connectivity index (χ1n) is 11.7. The van der Waals surface area contributed by atoms with E-state index >= 15 is 0 Å². The second-order valence-corrected chi connectivity index (χ2v) is 11.8. The number of benzene rings is 2. The summed E-state index contributed by atoms with van der Waals surface area (Å²) in [5.41, 5.74) is 5.87. The first-order chi connectivity index (χ1) is 17.3. The highest BCUT2D eigenvalue weighted by Crippen LogP contribution is 2.27. The molecule has 1 fully saturated rings. The summed E-state index contributed by atoms with van der Waals surface area (Å²) in [6.07, 6.45) is -0.651. The van der Waals surface area contributed by atoms with Crippen LogP contribution in [0.15, 0.2) is 59.5 Å². The van der Waals surface area contributed by atoms with Gasteiger partial charge >= 0.3 is 6.09 Å². The van der Waals surface area contributed by atoms with Crippen LogP contribution in [-0.2, 0) is 26.2 Å². The zero-order valence-corrected chi connectivity index (χ0v) is 22.0. The lowest BCUT2D eigenvalue weighted by atomic mass is 9.91. The van der Waals surface area contributed by atoms with Crippen molar-refractivity contribution in [1.82, 2.24) is 14.6 Å². The molecule has 196 valence electrons. The fourth-order valence-electron chi connectivity index (χ4n) is 4.04. The summed E-state index contributed by atoms with van der Waals surface area (Å²) < 4.78 is 39.6.